The van der Waals surface area contributed by atoms with Crippen molar-refractivity contribution in [3.05, 3.63) is 0 Å². The Balaban J connectivity index is 2.58. The molecule has 0 aromatic carbocycles. The van der Waals surface area contributed by atoms with Crippen molar-refractivity contribution in [2.75, 3.05) is 26.2 Å². The van der Waals surface area contributed by atoms with Gasteiger partial charge >= 0.3 is 6.09 Å². The van der Waals surface area contributed by atoms with Crippen LogP contribution in [0.2, 0.25) is 0 Å². The predicted octanol–water partition coefficient (Wildman–Crippen LogP) is 0.0513. The van der Waals surface area contributed by atoms with E-state index in [1.165, 1.54) is 4.90 Å². The van der Waals surface area contributed by atoms with E-state index in [0.29, 0.717) is 19.6 Å². The van der Waals surface area contributed by atoms with Crippen LogP contribution in [0, 0.1) is 0 Å². The summed E-state index contributed by atoms with van der Waals surface area (Å²) in [5.74, 6) is 0. The molecule has 1 rings (SSSR count). The molecule has 1 amide bonds. The van der Waals surface area contributed by atoms with Crippen molar-refractivity contribution in [3.8, 4) is 0 Å². The summed E-state index contributed by atoms with van der Waals surface area (Å²) in [6.45, 7) is 5.78. The van der Waals surface area contributed by atoms with Gasteiger partial charge in [0, 0.05) is 31.7 Å². The van der Waals surface area contributed by atoms with Crippen LogP contribution in [0.1, 0.15) is 13.8 Å². The molecule has 1 fully saturated rings. The van der Waals surface area contributed by atoms with Crippen molar-refractivity contribution in [2.24, 2.45) is 0 Å². The van der Waals surface area contributed by atoms with E-state index in [9.17, 15) is 4.79 Å². The summed E-state index contributed by atoms with van der Waals surface area (Å²) in [6.07, 6.45) is -0.854. The summed E-state index contributed by atoms with van der Waals surface area (Å²) in [6, 6.07) is 0.365. The van der Waals surface area contributed by atoms with E-state index in [2.05, 4.69) is 4.90 Å². The number of piperazine rings is 1. The Morgan fingerprint density at radius 2 is 1.86 bits per heavy atom. The number of amides is 1. The third-order valence-electron chi connectivity index (χ3n) is 2.73. The number of carbonyl (C=O) groups is 1. The minimum atomic E-state index is -0.854. The Bertz CT molecular complexity index is 198. The normalized spacial score (nSPS) is 29.2. The standard InChI is InChI=1S/C9H18N2O3/c1-7-5-10(9(13)14)6-8(2)11(7)3-4-12/h7-8,12H,3-6H2,1-2H3,(H,13,14)/t7-,8+. The molecule has 0 aromatic heterocycles. The molecule has 0 bridgehead atoms. The molecule has 2 atom stereocenters. The zero-order valence-electron chi connectivity index (χ0n) is 8.68. The van der Waals surface area contributed by atoms with Gasteiger partial charge in [-0.25, -0.2) is 4.79 Å². The summed E-state index contributed by atoms with van der Waals surface area (Å²) in [5.41, 5.74) is 0. The van der Waals surface area contributed by atoms with Crippen LogP contribution in [-0.4, -0.2) is 64.4 Å². The molecule has 0 aromatic rings. The van der Waals surface area contributed by atoms with Crippen molar-refractivity contribution >= 4 is 6.09 Å². The van der Waals surface area contributed by atoms with Crippen molar-refractivity contribution in [1.29, 1.82) is 0 Å². The molecular formula is C9H18N2O3. The SMILES string of the molecule is C[C@@H]1CN(C(=O)O)C[C@H](C)N1CCO. The number of hydrogen-bond donors (Lipinski definition) is 2. The minimum absolute atomic E-state index is 0.127. The molecular weight excluding hydrogens is 184 g/mol. The molecule has 82 valence electrons. The number of carboxylic acid groups (broad SMARTS) is 1. The first-order chi connectivity index (χ1) is 6.56. The first-order valence-electron chi connectivity index (χ1n) is 4.90. The van der Waals surface area contributed by atoms with Crippen molar-refractivity contribution in [1.82, 2.24) is 9.80 Å². The fourth-order valence-electron chi connectivity index (χ4n) is 2.07. The minimum Gasteiger partial charge on any atom is -0.465 e. The molecule has 0 aliphatic carbocycles. The molecule has 0 unspecified atom stereocenters. The second kappa shape index (κ2) is 4.61. The number of β-amino-alcohol motifs (C(OH)–C–C–N with tert-alkyl or cyclic N) is 1. The van der Waals surface area contributed by atoms with Gasteiger partial charge in [0.25, 0.3) is 0 Å². The summed E-state index contributed by atoms with van der Waals surface area (Å²) in [4.78, 5) is 14.3. The monoisotopic (exact) mass is 202 g/mol. The van der Waals surface area contributed by atoms with Crippen LogP contribution in [-0.2, 0) is 0 Å². The van der Waals surface area contributed by atoms with Gasteiger partial charge in [-0.3, -0.25) is 4.90 Å². The third-order valence-corrected chi connectivity index (χ3v) is 2.73. The molecule has 0 spiro atoms. The molecule has 14 heavy (non-hydrogen) atoms. The number of hydrogen-bond acceptors (Lipinski definition) is 3. The highest BCUT2D eigenvalue weighted by Gasteiger charge is 2.30. The Kier molecular flexibility index (Phi) is 3.71. The second-order valence-corrected chi connectivity index (χ2v) is 3.85. The van der Waals surface area contributed by atoms with Crippen LogP contribution >= 0.6 is 0 Å². The molecule has 1 aliphatic rings. The van der Waals surface area contributed by atoms with E-state index in [1.807, 2.05) is 13.8 Å². The van der Waals surface area contributed by atoms with Gasteiger partial charge in [-0.2, -0.15) is 0 Å². The molecule has 0 saturated carbocycles. The molecule has 1 heterocycles. The third kappa shape index (κ3) is 2.36. The predicted molar refractivity (Wildman–Crippen MR) is 52.3 cm³/mol. The van der Waals surface area contributed by atoms with E-state index in [1.54, 1.807) is 0 Å². The lowest BCUT2D eigenvalue weighted by Gasteiger charge is -2.43. The first-order valence-corrected chi connectivity index (χ1v) is 4.90. The van der Waals surface area contributed by atoms with Crippen LogP contribution in [0.3, 0.4) is 0 Å². The van der Waals surface area contributed by atoms with Crippen LogP contribution in [0.15, 0.2) is 0 Å². The number of nitrogens with zero attached hydrogens (tertiary/aromatic N) is 2. The van der Waals surface area contributed by atoms with Gasteiger partial charge in [0.15, 0.2) is 0 Å². The van der Waals surface area contributed by atoms with Gasteiger partial charge < -0.3 is 15.1 Å². The highest BCUT2D eigenvalue weighted by atomic mass is 16.4. The van der Waals surface area contributed by atoms with Crippen molar-refractivity contribution in [2.45, 2.75) is 25.9 Å². The van der Waals surface area contributed by atoms with E-state index < -0.39 is 6.09 Å². The van der Waals surface area contributed by atoms with Gasteiger partial charge in [-0.15, -0.1) is 0 Å². The molecule has 1 saturated heterocycles. The van der Waals surface area contributed by atoms with E-state index >= 15 is 0 Å². The van der Waals surface area contributed by atoms with Gasteiger partial charge in [0.2, 0.25) is 0 Å². The second-order valence-electron chi connectivity index (χ2n) is 3.85. The van der Waals surface area contributed by atoms with Crippen LogP contribution < -0.4 is 0 Å². The van der Waals surface area contributed by atoms with Crippen LogP contribution in [0.5, 0.6) is 0 Å². The van der Waals surface area contributed by atoms with E-state index in [4.69, 9.17) is 10.2 Å². The molecule has 0 radical (unpaired) electrons. The maximum atomic E-state index is 10.8. The van der Waals surface area contributed by atoms with Crippen molar-refractivity contribution < 1.29 is 15.0 Å². The number of aliphatic hydroxyl groups is 1. The topological polar surface area (TPSA) is 64.0 Å². The van der Waals surface area contributed by atoms with Crippen molar-refractivity contribution in [3.63, 3.8) is 0 Å². The Hall–Kier alpha value is -0.810. The molecule has 1 aliphatic heterocycles. The lowest BCUT2D eigenvalue weighted by Crippen LogP contribution is -2.58. The number of rotatable bonds is 2. The molecule has 2 N–H and O–H groups in total. The van der Waals surface area contributed by atoms with E-state index in [0.717, 1.165) is 0 Å². The highest BCUT2D eigenvalue weighted by molar-refractivity contribution is 5.65. The summed E-state index contributed by atoms with van der Waals surface area (Å²) < 4.78 is 0. The highest BCUT2D eigenvalue weighted by Crippen LogP contribution is 2.14. The average Bonchev–Trinajstić information content (AvgIpc) is 2.10. The lowest BCUT2D eigenvalue weighted by atomic mass is 10.1. The van der Waals surface area contributed by atoms with E-state index in [-0.39, 0.29) is 18.7 Å². The average molecular weight is 202 g/mol. The first kappa shape index (κ1) is 11.3. The van der Waals surface area contributed by atoms with Gasteiger partial charge in [-0.05, 0) is 13.8 Å². The maximum absolute atomic E-state index is 10.8. The summed E-state index contributed by atoms with van der Waals surface area (Å²) in [5, 5.41) is 17.7. The van der Waals surface area contributed by atoms with Gasteiger partial charge in [-0.1, -0.05) is 0 Å². The fraction of sp³-hybridized carbons (Fsp3) is 0.889. The Morgan fingerprint density at radius 1 is 1.36 bits per heavy atom. The molecule has 5 heteroatoms. The van der Waals surface area contributed by atoms with Gasteiger partial charge in [0.05, 0.1) is 6.61 Å². The maximum Gasteiger partial charge on any atom is 0.407 e. The summed E-state index contributed by atoms with van der Waals surface area (Å²) >= 11 is 0. The smallest absolute Gasteiger partial charge is 0.407 e. The lowest BCUT2D eigenvalue weighted by molar-refractivity contribution is 0.0300. The zero-order valence-corrected chi connectivity index (χ0v) is 8.68. The Labute approximate surface area is 83.9 Å². The number of aliphatic hydroxyl groups excluding tert-OH is 1. The quantitative estimate of drug-likeness (QED) is 0.664. The fourth-order valence-corrected chi connectivity index (χ4v) is 2.07. The largest absolute Gasteiger partial charge is 0.465 e. The summed E-state index contributed by atoms with van der Waals surface area (Å²) in [7, 11) is 0. The Morgan fingerprint density at radius 3 is 2.21 bits per heavy atom. The molecule has 5 nitrogen and oxygen atoms in total. The van der Waals surface area contributed by atoms with Gasteiger partial charge in [0.1, 0.15) is 0 Å². The van der Waals surface area contributed by atoms with Crippen LogP contribution in [0.25, 0.3) is 0 Å². The van der Waals surface area contributed by atoms with Crippen LogP contribution in [0.4, 0.5) is 4.79 Å². The zero-order chi connectivity index (χ0) is 10.7.